The van der Waals surface area contributed by atoms with E-state index in [4.69, 9.17) is 5.73 Å². The van der Waals surface area contributed by atoms with Gasteiger partial charge in [-0.25, -0.2) is 0 Å². The van der Waals surface area contributed by atoms with Crippen molar-refractivity contribution in [3.8, 4) is 0 Å². The molecule has 2 N–H and O–H groups in total. The van der Waals surface area contributed by atoms with Crippen LogP contribution in [0.1, 0.15) is 5.56 Å². The average Bonchev–Trinajstić information content (AvgIpc) is 2.51. The highest BCUT2D eigenvalue weighted by Crippen LogP contribution is 2.19. The van der Waals surface area contributed by atoms with Gasteiger partial charge in [0.15, 0.2) is 0 Å². The van der Waals surface area contributed by atoms with Gasteiger partial charge < -0.3 is 5.73 Å². The minimum absolute atomic E-state index is 0.711. The molecule has 0 radical (unpaired) electrons. The van der Waals surface area contributed by atoms with Crippen molar-refractivity contribution in [2.75, 3.05) is 6.54 Å². The van der Waals surface area contributed by atoms with E-state index in [9.17, 15) is 0 Å². The molecule has 0 spiro atoms. The highest BCUT2D eigenvalue weighted by atomic mass is 32.1. The van der Waals surface area contributed by atoms with Crippen LogP contribution in [0.15, 0.2) is 24.4 Å². The molecule has 0 saturated carbocycles. The van der Waals surface area contributed by atoms with E-state index in [0.717, 1.165) is 6.42 Å². The van der Waals surface area contributed by atoms with Crippen molar-refractivity contribution in [1.82, 2.24) is 4.37 Å². The van der Waals surface area contributed by atoms with Crippen molar-refractivity contribution >= 4 is 21.6 Å². The van der Waals surface area contributed by atoms with Gasteiger partial charge in [0.25, 0.3) is 0 Å². The van der Waals surface area contributed by atoms with Crippen molar-refractivity contribution in [1.29, 1.82) is 0 Å². The van der Waals surface area contributed by atoms with Crippen LogP contribution < -0.4 is 5.73 Å². The normalized spacial score (nSPS) is 10.8. The quantitative estimate of drug-likeness (QED) is 0.761. The van der Waals surface area contributed by atoms with Crippen molar-refractivity contribution in [2.45, 2.75) is 6.42 Å². The van der Waals surface area contributed by atoms with Crippen LogP contribution in [-0.2, 0) is 6.42 Å². The number of aromatic nitrogens is 1. The average molecular weight is 178 g/mol. The fraction of sp³-hybridized carbons (Fsp3) is 0.222. The molecule has 0 saturated heterocycles. The Bertz CT molecular complexity index is 381. The summed E-state index contributed by atoms with van der Waals surface area (Å²) >= 11 is 1.53. The molecule has 0 aliphatic heterocycles. The fourth-order valence-electron chi connectivity index (χ4n) is 1.24. The Morgan fingerprint density at radius 3 is 3.17 bits per heavy atom. The number of benzene rings is 1. The number of hydrogen-bond donors (Lipinski definition) is 1. The number of nitrogens with two attached hydrogens (primary N) is 1. The van der Waals surface area contributed by atoms with Gasteiger partial charge in [-0.15, -0.1) is 0 Å². The summed E-state index contributed by atoms with van der Waals surface area (Å²) in [5, 5.41) is 1.23. The van der Waals surface area contributed by atoms with Gasteiger partial charge in [0, 0.05) is 11.6 Å². The molecule has 1 heterocycles. The van der Waals surface area contributed by atoms with Crippen LogP contribution in [0.5, 0.6) is 0 Å². The number of hydrogen-bond acceptors (Lipinski definition) is 3. The van der Waals surface area contributed by atoms with E-state index >= 15 is 0 Å². The maximum atomic E-state index is 5.47. The summed E-state index contributed by atoms with van der Waals surface area (Å²) in [6.45, 7) is 0.711. The van der Waals surface area contributed by atoms with Crippen LogP contribution in [0, 0.1) is 0 Å². The molecule has 1 aromatic carbocycles. The van der Waals surface area contributed by atoms with Gasteiger partial charge in [-0.05, 0) is 42.2 Å². The molecule has 2 nitrogen and oxygen atoms in total. The molecule has 0 amide bonds. The molecule has 0 aliphatic rings. The molecule has 0 unspecified atom stereocenters. The SMILES string of the molecule is NCCc1ccc2sncc2c1. The molecule has 0 bridgehead atoms. The third kappa shape index (κ3) is 1.33. The van der Waals surface area contributed by atoms with Crippen LogP contribution >= 0.6 is 11.5 Å². The fourth-order valence-corrected chi connectivity index (χ4v) is 1.87. The number of nitrogens with zero attached hydrogens (tertiary/aromatic N) is 1. The smallest absolute Gasteiger partial charge is 0.0550 e. The van der Waals surface area contributed by atoms with E-state index in [-0.39, 0.29) is 0 Å². The van der Waals surface area contributed by atoms with E-state index in [0.29, 0.717) is 6.54 Å². The Kier molecular flexibility index (Phi) is 2.06. The van der Waals surface area contributed by atoms with Gasteiger partial charge in [0.2, 0.25) is 0 Å². The van der Waals surface area contributed by atoms with Crippen LogP contribution in [0.25, 0.3) is 10.1 Å². The third-order valence-electron chi connectivity index (χ3n) is 1.85. The summed E-state index contributed by atoms with van der Waals surface area (Å²) in [5.74, 6) is 0. The van der Waals surface area contributed by atoms with Gasteiger partial charge in [-0.1, -0.05) is 6.07 Å². The van der Waals surface area contributed by atoms with E-state index in [1.165, 1.54) is 27.2 Å². The number of fused-ring (bicyclic) bond motifs is 1. The zero-order chi connectivity index (χ0) is 8.39. The van der Waals surface area contributed by atoms with E-state index in [1.54, 1.807) is 0 Å². The Balaban J connectivity index is 2.46. The van der Waals surface area contributed by atoms with Crippen molar-refractivity contribution in [3.63, 3.8) is 0 Å². The van der Waals surface area contributed by atoms with Gasteiger partial charge >= 0.3 is 0 Å². The van der Waals surface area contributed by atoms with Gasteiger partial charge in [0.05, 0.1) is 4.70 Å². The number of rotatable bonds is 2. The topological polar surface area (TPSA) is 38.9 Å². The summed E-state index contributed by atoms with van der Waals surface area (Å²) in [6.07, 6.45) is 2.85. The lowest BCUT2D eigenvalue weighted by Gasteiger charge is -1.96. The first-order chi connectivity index (χ1) is 5.90. The lowest BCUT2D eigenvalue weighted by Crippen LogP contribution is -2.02. The predicted molar refractivity (Wildman–Crippen MR) is 52.4 cm³/mol. The lowest BCUT2D eigenvalue weighted by atomic mass is 10.1. The first-order valence-corrected chi connectivity index (χ1v) is 4.71. The molecule has 2 rings (SSSR count). The maximum Gasteiger partial charge on any atom is 0.0550 e. The third-order valence-corrected chi connectivity index (χ3v) is 2.63. The van der Waals surface area contributed by atoms with Crippen LogP contribution in [0.4, 0.5) is 0 Å². The maximum absolute atomic E-state index is 5.47. The highest BCUT2D eigenvalue weighted by Gasteiger charge is 1.96. The standard InChI is InChI=1S/C9H10N2S/c10-4-3-7-1-2-9-8(5-7)6-11-12-9/h1-2,5-6H,3-4,10H2. The molecular weight excluding hydrogens is 168 g/mol. The molecule has 1 aromatic heterocycles. The Morgan fingerprint density at radius 2 is 2.33 bits per heavy atom. The van der Waals surface area contributed by atoms with Crippen molar-refractivity contribution in [2.24, 2.45) is 5.73 Å². The second-order valence-corrected chi connectivity index (χ2v) is 3.57. The highest BCUT2D eigenvalue weighted by molar-refractivity contribution is 7.13. The van der Waals surface area contributed by atoms with Crippen LogP contribution in [0.2, 0.25) is 0 Å². The van der Waals surface area contributed by atoms with Gasteiger partial charge in [-0.2, -0.15) is 4.37 Å². The summed E-state index contributed by atoms with van der Waals surface area (Å²) in [7, 11) is 0. The van der Waals surface area contributed by atoms with E-state index in [2.05, 4.69) is 22.6 Å². The van der Waals surface area contributed by atoms with Crippen LogP contribution in [-0.4, -0.2) is 10.9 Å². The largest absolute Gasteiger partial charge is 0.330 e. The Hall–Kier alpha value is -0.930. The first-order valence-electron chi connectivity index (χ1n) is 3.93. The lowest BCUT2D eigenvalue weighted by molar-refractivity contribution is 0.971. The first kappa shape index (κ1) is 7.71. The van der Waals surface area contributed by atoms with E-state index < -0.39 is 0 Å². The van der Waals surface area contributed by atoms with Crippen molar-refractivity contribution < 1.29 is 0 Å². The minimum Gasteiger partial charge on any atom is -0.330 e. The molecule has 12 heavy (non-hydrogen) atoms. The second-order valence-electron chi connectivity index (χ2n) is 2.74. The molecule has 0 aliphatic carbocycles. The van der Waals surface area contributed by atoms with Crippen molar-refractivity contribution in [3.05, 3.63) is 30.0 Å². The second kappa shape index (κ2) is 3.21. The molecular formula is C9H10N2S. The van der Waals surface area contributed by atoms with Gasteiger partial charge in [-0.3, -0.25) is 0 Å². The monoisotopic (exact) mass is 178 g/mol. The predicted octanol–water partition coefficient (Wildman–Crippen LogP) is 1.80. The summed E-state index contributed by atoms with van der Waals surface area (Å²) in [6, 6.07) is 6.39. The molecule has 3 heteroatoms. The summed E-state index contributed by atoms with van der Waals surface area (Å²) < 4.78 is 5.36. The zero-order valence-electron chi connectivity index (χ0n) is 6.66. The zero-order valence-corrected chi connectivity index (χ0v) is 7.47. The molecule has 62 valence electrons. The summed E-state index contributed by atoms with van der Waals surface area (Å²) in [5.41, 5.74) is 6.76. The van der Waals surface area contributed by atoms with Gasteiger partial charge in [0.1, 0.15) is 0 Å². The molecule has 2 aromatic rings. The summed E-state index contributed by atoms with van der Waals surface area (Å²) in [4.78, 5) is 0. The molecule has 0 atom stereocenters. The van der Waals surface area contributed by atoms with Crippen LogP contribution in [0.3, 0.4) is 0 Å². The minimum atomic E-state index is 0.711. The Morgan fingerprint density at radius 1 is 1.42 bits per heavy atom. The van der Waals surface area contributed by atoms with E-state index in [1.807, 2.05) is 6.20 Å². The Labute approximate surface area is 75.2 Å². The molecule has 0 fully saturated rings.